The van der Waals surface area contributed by atoms with Crippen LogP contribution in [0.2, 0.25) is 0 Å². The Bertz CT molecular complexity index is 1130. The molecule has 2 aliphatic rings. The highest BCUT2D eigenvalue weighted by atomic mass is 16.5. The van der Waals surface area contributed by atoms with Crippen LogP contribution in [0.25, 0.3) is 11.0 Å². The predicted octanol–water partition coefficient (Wildman–Crippen LogP) is 4.63. The van der Waals surface area contributed by atoms with Crippen molar-refractivity contribution in [1.29, 1.82) is 0 Å². The van der Waals surface area contributed by atoms with Gasteiger partial charge in [-0.05, 0) is 43.9 Å². The van der Waals surface area contributed by atoms with Gasteiger partial charge in [0.1, 0.15) is 16.9 Å². The third-order valence-electron chi connectivity index (χ3n) is 6.96. The summed E-state index contributed by atoms with van der Waals surface area (Å²) in [4.78, 5) is 29.1. The Kier molecular flexibility index (Phi) is 5.16. The fraction of sp³-hybridized carbons (Fsp3) is 0.385. The molecule has 3 aromatic rings. The predicted molar refractivity (Wildman–Crippen MR) is 121 cm³/mol. The molecule has 2 amide bonds. The highest BCUT2D eigenvalue weighted by Crippen LogP contribution is 2.39. The highest BCUT2D eigenvalue weighted by molar-refractivity contribution is 5.96. The minimum absolute atomic E-state index is 0.0592. The first-order valence-corrected chi connectivity index (χ1v) is 11.2. The van der Waals surface area contributed by atoms with E-state index < -0.39 is 5.60 Å². The lowest BCUT2D eigenvalue weighted by Gasteiger charge is -2.43. The second-order valence-electron chi connectivity index (χ2n) is 9.06. The lowest BCUT2D eigenvalue weighted by atomic mass is 9.81. The van der Waals surface area contributed by atoms with Crippen molar-refractivity contribution < 1.29 is 18.7 Å². The number of furan rings is 1. The number of hydrogen-bond acceptors (Lipinski definition) is 4. The van der Waals surface area contributed by atoms with Gasteiger partial charge in [0.15, 0.2) is 5.76 Å². The van der Waals surface area contributed by atoms with Crippen LogP contribution in [0.1, 0.15) is 48.7 Å². The van der Waals surface area contributed by atoms with Gasteiger partial charge in [0.05, 0.1) is 6.54 Å². The lowest BCUT2D eigenvalue weighted by Crippen LogP contribution is -2.52. The fourth-order valence-corrected chi connectivity index (χ4v) is 5.03. The summed E-state index contributed by atoms with van der Waals surface area (Å²) in [5.74, 6) is 1.20. The molecule has 1 aliphatic carbocycles. The number of amides is 2. The van der Waals surface area contributed by atoms with E-state index in [1.165, 1.54) is 0 Å². The summed E-state index contributed by atoms with van der Waals surface area (Å²) < 4.78 is 12.4. The van der Waals surface area contributed by atoms with E-state index in [-0.39, 0.29) is 17.9 Å². The summed E-state index contributed by atoms with van der Waals surface area (Å²) >= 11 is 0. The summed E-state index contributed by atoms with van der Waals surface area (Å²) in [5, 5.41) is 0.932. The maximum Gasteiger partial charge on any atom is 0.289 e. The van der Waals surface area contributed by atoms with Crippen LogP contribution in [0, 0.1) is 0 Å². The minimum atomic E-state index is -0.419. The Morgan fingerprint density at radius 2 is 1.78 bits per heavy atom. The molecule has 2 aromatic carbocycles. The van der Waals surface area contributed by atoms with Gasteiger partial charge >= 0.3 is 0 Å². The van der Waals surface area contributed by atoms with E-state index in [9.17, 15) is 9.59 Å². The number of rotatable bonds is 2. The third kappa shape index (κ3) is 3.74. The van der Waals surface area contributed by atoms with Gasteiger partial charge in [-0.25, -0.2) is 0 Å². The highest BCUT2D eigenvalue weighted by Gasteiger charge is 2.43. The van der Waals surface area contributed by atoms with Crippen molar-refractivity contribution in [2.24, 2.45) is 0 Å². The summed E-state index contributed by atoms with van der Waals surface area (Å²) in [5.41, 5.74) is 1.35. The van der Waals surface area contributed by atoms with E-state index in [1.807, 2.05) is 66.5 Å². The van der Waals surface area contributed by atoms with Crippen molar-refractivity contribution in [2.45, 2.75) is 50.8 Å². The first kappa shape index (κ1) is 20.6. The number of fused-ring (bicyclic) bond motifs is 2. The van der Waals surface area contributed by atoms with E-state index in [0.717, 1.165) is 48.0 Å². The van der Waals surface area contributed by atoms with E-state index in [1.54, 1.807) is 11.8 Å². The first-order valence-electron chi connectivity index (χ1n) is 11.2. The SMILES string of the molecule is CC(=O)N1Cc2ccccc2OC2(CCC(N(C)C(=O)c3cc4ccccc4o3)CC2)C1. The molecule has 6 heteroatoms. The number of nitrogens with zero attached hydrogens (tertiary/aromatic N) is 2. The van der Waals surface area contributed by atoms with Crippen LogP contribution in [0.3, 0.4) is 0 Å². The molecule has 32 heavy (non-hydrogen) atoms. The maximum absolute atomic E-state index is 13.1. The first-order chi connectivity index (χ1) is 15.4. The summed E-state index contributed by atoms with van der Waals surface area (Å²) in [6.07, 6.45) is 3.20. The number of carbonyl (C=O) groups is 2. The zero-order valence-electron chi connectivity index (χ0n) is 18.5. The van der Waals surface area contributed by atoms with Crippen LogP contribution < -0.4 is 4.74 Å². The molecule has 0 saturated heterocycles. The molecule has 1 spiro atoms. The van der Waals surface area contributed by atoms with Crippen LogP contribution in [0.5, 0.6) is 5.75 Å². The molecule has 5 rings (SSSR count). The van der Waals surface area contributed by atoms with Crippen LogP contribution >= 0.6 is 0 Å². The number of benzene rings is 2. The minimum Gasteiger partial charge on any atom is -0.485 e. The van der Waals surface area contributed by atoms with E-state index >= 15 is 0 Å². The van der Waals surface area contributed by atoms with Crippen molar-refractivity contribution in [3.8, 4) is 5.75 Å². The molecule has 0 bridgehead atoms. The van der Waals surface area contributed by atoms with Crippen LogP contribution in [0.4, 0.5) is 0 Å². The summed E-state index contributed by atoms with van der Waals surface area (Å²) in [6.45, 7) is 2.76. The maximum atomic E-state index is 13.1. The molecule has 0 radical (unpaired) electrons. The van der Waals surface area contributed by atoms with Gasteiger partial charge < -0.3 is 19.0 Å². The Morgan fingerprint density at radius 3 is 2.53 bits per heavy atom. The molecular formula is C26H28N2O4. The normalized spacial score (nSPS) is 22.8. The number of ether oxygens (including phenoxy) is 1. The van der Waals surface area contributed by atoms with Crippen molar-refractivity contribution in [1.82, 2.24) is 9.80 Å². The Morgan fingerprint density at radius 1 is 1.06 bits per heavy atom. The molecule has 6 nitrogen and oxygen atoms in total. The van der Waals surface area contributed by atoms with E-state index in [2.05, 4.69) is 0 Å². The largest absolute Gasteiger partial charge is 0.485 e. The Hall–Kier alpha value is -3.28. The zero-order chi connectivity index (χ0) is 22.3. The van der Waals surface area contributed by atoms with E-state index in [4.69, 9.17) is 9.15 Å². The molecule has 0 unspecified atom stereocenters. The van der Waals surface area contributed by atoms with E-state index in [0.29, 0.717) is 18.8 Å². The Balaban J connectivity index is 1.32. The van der Waals surface area contributed by atoms with Crippen molar-refractivity contribution >= 4 is 22.8 Å². The van der Waals surface area contributed by atoms with Crippen molar-refractivity contribution in [3.05, 3.63) is 65.9 Å². The smallest absolute Gasteiger partial charge is 0.289 e. The summed E-state index contributed by atoms with van der Waals surface area (Å²) in [7, 11) is 1.85. The van der Waals surface area contributed by atoms with Crippen LogP contribution in [0.15, 0.2) is 59.0 Å². The lowest BCUT2D eigenvalue weighted by molar-refractivity contribution is -0.132. The molecule has 166 valence electrons. The average molecular weight is 433 g/mol. The molecule has 1 aromatic heterocycles. The van der Waals surface area contributed by atoms with Crippen molar-refractivity contribution in [3.63, 3.8) is 0 Å². The monoisotopic (exact) mass is 432 g/mol. The quantitative estimate of drug-likeness (QED) is 0.592. The molecule has 1 fully saturated rings. The van der Waals surface area contributed by atoms with Gasteiger partial charge in [-0.15, -0.1) is 0 Å². The standard InChI is InChI=1S/C26H28N2O4/c1-18(29)28-16-20-8-4-6-10-23(20)32-26(17-28)13-11-21(12-14-26)27(2)25(30)24-15-19-7-3-5-9-22(19)31-24/h3-10,15,21H,11-14,16-17H2,1-2H3. The zero-order valence-corrected chi connectivity index (χ0v) is 18.5. The van der Waals surface area contributed by atoms with Gasteiger partial charge in [-0.2, -0.15) is 0 Å². The number of para-hydroxylation sites is 2. The molecule has 1 saturated carbocycles. The molecule has 0 atom stereocenters. The molecular weight excluding hydrogens is 404 g/mol. The van der Waals surface area contributed by atoms with Gasteiger partial charge in [0, 0.05) is 37.5 Å². The van der Waals surface area contributed by atoms with Crippen LogP contribution in [-0.2, 0) is 11.3 Å². The van der Waals surface area contributed by atoms with Gasteiger partial charge in [-0.1, -0.05) is 36.4 Å². The topological polar surface area (TPSA) is 63.0 Å². The van der Waals surface area contributed by atoms with Gasteiger partial charge in [-0.3, -0.25) is 9.59 Å². The fourth-order valence-electron chi connectivity index (χ4n) is 5.03. The second kappa shape index (κ2) is 8.01. The van der Waals surface area contributed by atoms with Crippen molar-refractivity contribution in [2.75, 3.05) is 13.6 Å². The second-order valence-corrected chi connectivity index (χ2v) is 9.06. The average Bonchev–Trinajstić information content (AvgIpc) is 3.16. The third-order valence-corrected chi connectivity index (χ3v) is 6.96. The number of carbonyl (C=O) groups excluding carboxylic acids is 2. The summed E-state index contributed by atoms with van der Waals surface area (Å²) in [6, 6.07) is 17.5. The molecule has 0 N–H and O–H groups in total. The van der Waals surface area contributed by atoms with Gasteiger partial charge in [0.25, 0.3) is 5.91 Å². The molecule has 1 aliphatic heterocycles. The van der Waals surface area contributed by atoms with Crippen LogP contribution in [-0.4, -0.2) is 46.8 Å². The molecule has 2 heterocycles. The van der Waals surface area contributed by atoms with Gasteiger partial charge in [0.2, 0.25) is 5.91 Å². The Labute approximate surface area is 187 Å². The number of hydrogen-bond donors (Lipinski definition) is 0.